The minimum atomic E-state index is -1.57. The normalized spacial score (nSPS) is 19.0. The standard InChI is InChI=1S/C16H32NO3PSi2/c1-10-17(11-2)12-13(14(18)20-3)21(15(12)19)16(22(4,5)6)23(7,8)9/h16H,10-11H2,1-9H3. The van der Waals surface area contributed by atoms with Crippen LogP contribution in [0.4, 0.5) is 0 Å². The molecule has 0 aromatic heterocycles. The third-order valence-corrected chi connectivity index (χ3v) is 21.0. The molecule has 0 aromatic rings. The van der Waals surface area contributed by atoms with Crippen molar-refractivity contribution in [1.29, 1.82) is 0 Å². The SMILES string of the molecule is CCN(CC)C1=C(C(=O)OC)P(C([Si](C)(C)C)[Si](C)(C)C)C1=O. The third-order valence-electron chi connectivity index (χ3n) is 4.24. The van der Waals surface area contributed by atoms with Crippen LogP contribution in [0.15, 0.2) is 11.0 Å². The first-order chi connectivity index (χ1) is 10.4. The Morgan fingerprint density at radius 2 is 1.52 bits per heavy atom. The van der Waals surface area contributed by atoms with E-state index in [-0.39, 0.29) is 11.5 Å². The molecule has 1 heterocycles. The van der Waals surface area contributed by atoms with Gasteiger partial charge in [0.2, 0.25) is 5.52 Å². The fraction of sp³-hybridized carbons (Fsp3) is 0.750. The zero-order valence-corrected chi connectivity index (χ0v) is 19.0. The van der Waals surface area contributed by atoms with E-state index in [1.165, 1.54) is 7.11 Å². The van der Waals surface area contributed by atoms with E-state index in [4.69, 9.17) is 4.74 Å². The maximum atomic E-state index is 13.1. The molecule has 0 saturated carbocycles. The number of esters is 1. The monoisotopic (exact) mass is 373 g/mol. The summed E-state index contributed by atoms with van der Waals surface area (Å²) in [6.45, 7) is 19.5. The summed E-state index contributed by atoms with van der Waals surface area (Å²) in [7, 11) is -2.77. The van der Waals surface area contributed by atoms with Crippen LogP contribution >= 0.6 is 7.92 Å². The molecule has 0 aliphatic carbocycles. The van der Waals surface area contributed by atoms with Gasteiger partial charge in [-0.1, -0.05) is 39.3 Å². The second kappa shape index (κ2) is 7.20. The molecule has 0 spiro atoms. The zero-order valence-electron chi connectivity index (χ0n) is 16.1. The summed E-state index contributed by atoms with van der Waals surface area (Å²) >= 11 is 0. The van der Waals surface area contributed by atoms with Crippen LogP contribution in [0.1, 0.15) is 13.8 Å². The molecular formula is C16H32NO3PSi2. The highest BCUT2D eigenvalue weighted by molar-refractivity contribution is 7.87. The first-order valence-electron chi connectivity index (χ1n) is 8.32. The van der Waals surface area contributed by atoms with E-state index in [1.807, 2.05) is 18.7 Å². The van der Waals surface area contributed by atoms with E-state index in [9.17, 15) is 9.59 Å². The topological polar surface area (TPSA) is 46.6 Å². The second-order valence-electron chi connectivity index (χ2n) is 8.17. The fourth-order valence-corrected chi connectivity index (χ4v) is 23.7. The number of carbonyl (C=O) groups excluding carboxylic acids is 2. The lowest BCUT2D eigenvalue weighted by atomic mass is 10.3. The van der Waals surface area contributed by atoms with Crippen molar-refractivity contribution in [2.45, 2.75) is 58.0 Å². The summed E-state index contributed by atoms with van der Waals surface area (Å²) in [6.07, 6.45) is 0. The summed E-state index contributed by atoms with van der Waals surface area (Å²) in [4.78, 5) is 27.9. The molecular weight excluding hydrogens is 341 g/mol. The number of likely N-dealkylation sites (N-methyl/N-ethyl adjacent to an activating group) is 1. The Morgan fingerprint density at radius 3 is 1.83 bits per heavy atom. The van der Waals surface area contributed by atoms with Crippen LogP contribution < -0.4 is 0 Å². The molecule has 7 heteroatoms. The maximum absolute atomic E-state index is 13.1. The Labute approximate surface area is 144 Å². The van der Waals surface area contributed by atoms with Gasteiger partial charge < -0.3 is 9.64 Å². The van der Waals surface area contributed by atoms with Crippen molar-refractivity contribution >= 4 is 35.6 Å². The van der Waals surface area contributed by atoms with E-state index >= 15 is 0 Å². The molecule has 0 bridgehead atoms. The van der Waals surface area contributed by atoms with E-state index in [1.54, 1.807) is 0 Å². The van der Waals surface area contributed by atoms with Gasteiger partial charge in [0.1, 0.15) is 5.70 Å². The lowest BCUT2D eigenvalue weighted by Crippen LogP contribution is -2.56. The van der Waals surface area contributed by atoms with E-state index in [2.05, 4.69) is 39.3 Å². The summed E-state index contributed by atoms with van der Waals surface area (Å²) in [5.74, 6) is -0.292. The Morgan fingerprint density at radius 1 is 1.09 bits per heavy atom. The number of allylic oxidation sites excluding steroid dienone is 1. The van der Waals surface area contributed by atoms with Gasteiger partial charge in [-0.2, -0.15) is 0 Å². The van der Waals surface area contributed by atoms with E-state index in [0.717, 1.165) is 13.1 Å². The van der Waals surface area contributed by atoms with Crippen molar-refractivity contribution in [1.82, 2.24) is 4.90 Å². The number of hydrogen-bond donors (Lipinski definition) is 0. The van der Waals surface area contributed by atoms with Crippen molar-refractivity contribution in [3.05, 3.63) is 11.0 Å². The van der Waals surface area contributed by atoms with Crippen LogP contribution in [0.25, 0.3) is 0 Å². The lowest BCUT2D eigenvalue weighted by molar-refractivity contribution is -0.136. The Hall–Kier alpha value is -0.456. The first-order valence-corrected chi connectivity index (χ1v) is 16.9. The zero-order chi connectivity index (χ0) is 18.2. The molecule has 23 heavy (non-hydrogen) atoms. The number of ether oxygens (including phenoxy) is 1. The predicted molar refractivity (Wildman–Crippen MR) is 104 cm³/mol. The fourth-order valence-electron chi connectivity index (χ4n) is 3.81. The number of methoxy groups -OCH3 is 1. The number of carbonyl (C=O) groups is 2. The third kappa shape index (κ3) is 3.97. The highest BCUT2D eigenvalue weighted by atomic mass is 31.1. The van der Waals surface area contributed by atoms with Crippen LogP contribution in [0, 0.1) is 0 Å². The molecule has 0 aromatic carbocycles. The van der Waals surface area contributed by atoms with Gasteiger partial charge in [-0.25, -0.2) is 4.79 Å². The number of rotatable bonds is 7. The minimum absolute atomic E-state index is 0.221. The maximum Gasteiger partial charge on any atom is 0.341 e. The number of hydrogen-bond acceptors (Lipinski definition) is 4. The molecule has 1 unspecified atom stereocenters. The molecule has 1 aliphatic rings. The van der Waals surface area contributed by atoms with Gasteiger partial charge in [0.25, 0.3) is 0 Å². The highest BCUT2D eigenvalue weighted by Crippen LogP contribution is 2.65. The van der Waals surface area contributed by atoms with Crippen molar-refractivity contribution in [2.75, 3.05) is 20.2 Å². The van der Waals surface area contributed by atoms with E-state index in [0.29, 0.717) is 15.9 Å². The largest absolute Gasteiger partial charge is 0.465 e. The van der Waals surface area contributed by atoms with Gasteiger partial charge in [0.05, 0.1) is 28.6 Å². The lowest BCUT2D eigenvalue weighted by Gasteiger charge is -2.48. The van der Waals surface area contributed by atoms with Crippen molar-refractivity contribution in [3.63, 3.8) is 0 Å². The number of nitrogens with zero attached hydrogens (tertiary/aromatic N) is 1. The summed E-state index contributed by atoms with van der Waals surface area (Å²) in [5, 5.41) is 0.700. The molecule has 0 radical (unpaired) electrons. The van der Waals surface area contributed by atoms with Crippen LogP contribution in [0.5, 0.6) is 0 Å². The van der Waals surface area contributed by atoms with Crippen LogP contribution in [0.3, 0.4) is 0 Å². The average Bonchev–Trinajstić information content (AvgIpc) is 2.42. The quantitative estimate of drug-likeness (QED) is 0.386. The van der Waals surface area contributed by atoms with Crippen molar-refractivity contribution in [2.24, 2.45) is 0 Å². The Kier molecular flexibility index (Phi) is 6.44. The molecule has 0 fully saturated rings. The highest BCUT2D eigenvalue weighted by Gasteiger charge is 2.55. The molecule has 1 aliphatic heterocycles. The van der Waals surface area contributed by atoms with Crippen LogP contribution in [0.2, 0.25) is 39.3 Å². The van der Waals surface area contributed by atoms with E-state index < -0.39 is 24.1 Å². The summed E-state index contributed by atoms with van der Waals surface area (Å²) in [6, 6.07) is 0. The van der Waals surface area contributed by atoms with Gasteiger partial charge in [-0.15, -0.1) is 0 Å². The molecule has 1 atom stereocenters. The summed E-state index contributed by atoms with van der Waals surface area (Å²) < 4.78 is 5.05. The van der Waals surface area contributed by atoms with Crippen LogP contribution in [-0.4, -0.2) is 57.6 Å². The first kappa shape index (κ1) is 20.6. The molecule has 0 N–H and O–H groups in total. The van der Waals surface area contributed by atoms with Gasteiger partial charge in [-0.05, 0) is 18.8 Å². The smallest absolute Gasteiger partial charge is 0.341 e. The van der Waals surface area contributed by atoms with Crippen molar-refractivity contribution in [3.8, 4) is 0 Å². The van der Waals surface area contributed by atoms with Crippen LogP contribution in [-0.2, 0) is 14.3 Å². The van der Waals surface area contributed by atoms with Gasteiger partial charge in [0.15, 0.2) is 0 Å². The predicted octanol–water partition coefficient (Wildman–Crippen LogP) is 3.86. The molecule has 132 valence electrons. The molecule has 0 amide bonds. The van der Waals surface area contributed by atoms with Crippen molar-refractivity contribution < 1.29 is 14.3 Å². The molecule has 0 saturated heterocycles. The summed E-state index contributed by atoms with van der Waals surface area (Å²) in [5.41, 5.74) is 0.855. The van der Waals surface area contributed by atoms with Gasteiger partial charge in [-0.3, -0.25) is 4.79 Å². The molecule has 4 nitrogen and oxygen atoms in total. The Balaban J connectivity index is 3.47. The Bertz CT molecular complexity index is 502. The van der Waals surface area contributed by atoms with Gasteiger partial charge in [0, 0.05) is 21.0 Å². The second-order valence-corrected chi connectivity index (χ2v) is 22.4. The molecule has 1 rings (SSSR count). The van der Waals surface area contributed by atoms with Gasteiger partial charge >= 0.3 is 5.97 Å². The average molecular weight is 374 g/mol. The minimum Gasteiger partial charge on any atom is -0.465 e.